The molecule has 4 aromatic rings. The summed E-state index contributed by atoms with van der Waals surface area (Å²) in [7, 11) is 0. The molecule has 1 N–H and O–H groups in total. The highest BCUT2D eigenvalue weighted by molar-refractivity contribution is 6.31. The van der Waals surface area contributed by atoms with Crippen molar-refractivity contribution in [1.29, 1.82) is 0 Å². The standard InChI is InChI=1S/C34H25ClN2O5/c1-18-14-15-19(35)16-25(18)36-27(38)17-42-34(41)24-12-6-7-13-26(24)37-32(39)30-28-20-8-2-3-9-21(20)29(31(30)33(37)40)23-11-5-4-10-22(23)28/h2-16,28-31H,17H2,1H3,(H,36,38)/t28?,29?,30-,31-/m1/s1. The van der Waals surface area contributed by atoms with Crippen LogP contribution in [-0.4, -0.2) is 30.3 Å². The second kappa shape index (κ2) is 9.96. The van der Waals surface area contributed by atoms with E-state index in [1.54, 1.807) is 36.4 Å². The summed E-state index contributed by atoms with van der Waals surface area (Å²) < 4.78 is 5.34. The van der Waals surface area contributed by atoms with Crippen LogP contribution in [0.15, 0.2) is 91.0 Å². The number of anilines is 2. The van der Waals surface area contributed by atoms with Crippen molar-refractivity contribution in [2.75, 3.05) is 16.8 Å². The number of aryl methyl sites for hydroxylation is 1. The van der Waals surface area contributed by atoms with Crippen LogP contribution in [0.5, 0.6) is 0 Å². The second-order valence-electron chi connectivity index (χ2n) is 10.9. The molecule has 0 unspecified atom stereocenters. The molecular formula is C34H25ClN2O5. The van der Waals surface area contributed by atoms with Gasteiger partial charge >= 0.3 is 5.97 Å². The minimum absolute atomic E-state index is 0.0342. The molecule has 8 rings (SSSR count). The molecule has 42 heavy (non-hydrogen) atoms. The first kappa shape index (κ1) is 26.2. The fourth-order valence-electron chi connectivity index (χ4n) is 6.88. The number of para-hydroxylation sites is 1. The zero-order chi connectivity index (χ0) is 29.1. The number of amides is 3. The molecule has 2 bridgehead atoms. The number of hydrogen-bond acceptors (Lipinski definition) is 5. The zero-order valence-corrected chi connectivity index (χ0v) is 23.3. The quantitative estimate of drug-likeness (QED) is 0.238. The fourth-order valence-corrected chi connectivity index (χ4v) is 7.05. The minimum atomic E-state index is -0.811. The monoisotopic (exact) mass is 576 g/mol. The van der Waals surface area contributed by atoms with Gasteiger partial charge in [0, 0.05) is 22.5 Å². The van der Waals surface area contributed by atoms with Gasteiger partial charge in [-0.15, -0.1) is 0 Å². The van der Waals surface area contributed by atoms with Crippen molar-refractivity contribution in [2.24, 2.45) is 11.8 Å². The number of hydrogen-bond donors (Lipinski definition) is 1. The number of imide groups is 1. The summed E-state index contributed by atoms with van der Waals surface area (Å²) in [6.07, 6.45) is 0. The Morgan fingerprint density at radius 2 is 1.31 bits per heavy atom. The van der Waals surface area contributed by atoms with Gasteiger partial charge in [-0.05, 0) is 59.0 Å². The van der Waals surface area contributed by atoms with E-state index in [1.807, 2.05) is 55.5 Å². The third kappa shape index (κ3) is 3.96. The van der Waals surface area contributed by atoms with Crippen molar-refractivity contribution in [1.82, 2.24) is 0 Å². The predicted molar refractivity (Wildman–Crippen MR) is 158 cm³/mol. The number of rotatable bonds is 5. The molecule has 1 aliphatic heterocycles. The van der Waals surface area contributed by atoms with Crippen LogP contribution >= 0.6 is 11.6 Å². The maximum Gasteiger partial charge on any atom is 0.340 e. The molecule has 3 amide bonds. The van der Waals surface area contributed by atoms with E-state index >= 15 is 0 Å². The van der Waals surface area contributed by atoms with Crippen LogP contribution in [0.1, 0.15) is 50.0 Å². The molecule has 8 heteroatoms. The van der Waals surface area contributed by atoms with Crippen LogP contribution in [0.25, 0.3) is 0 Å². The lowest BCUT2D eigenvalue weighted by atomic mass is 9.55. The molecule has 4 aromatic carbocycles. The van der Waals surface area contributed by atoms with E-state index in [9.17, 15) is 19.2 Å². The number of nitrogens with one attached hydrogen (secondary N) is 1. The van der Waals surface area contributed by atoms with Crippen LogP contribution in [0.4, 0.5) is 11.4 Å². The first-order chi connectivity index (χ1) is 20.3. The Labute approximate surface area is 247 Å². The van der Waals surface area contributed by atoms with Crippen LogP contribution in [0.2, 0.25) is 5.02 Å². The van der Waals surface area contributed by atoms with Gasteiger partial charge < -0.3 is 10.1 Å². The molecule has 0 aromatic heterocycles. The van der Waals surface area contributed by atoms with E-state index < -0.39 is 30.3 Å². The average molecular weight is 577 g/mol. The third-order valence-corrected chi connectivity index (χ3v) is 8.86. The molecule has 1 saturated heterocycles. The van der Waals surface area contributed by atoms with Crippen LogP contribution in [0.3, 0.4) is 0 Å². The molecule has 3 aliphatic carbocycles. The van der Waals surface area contributed by atoms with E-state index in [0.29, 0.717) is 10.7 Å². The molecule has 4 aliphatic rings. The first-order valence-corrected chi connectivity index (χ1v) is 14.1. The molecule has 1 fully saturated rings. The minimum Gasteiger partial charge on any atom is -0.452 e. The van der Waals surface area contributed by atoms with Gasteiger partial charge in [-0.25, -0.2) is 9.69 Å². The Balaban J connectivity index is 1.17. The molecule has 0 saturated carbocycles. The Morgan fingerprint density at radius 1 is 0.786 bits per heavy atom. The normalized spacial score (nSPS) is 21.4. The summed E-state index contributed by atoms with van der Waals surface area (Å²) in [5.74, 6) is -3.70. The number of carbonyl (C=O) groups excluding carboxylic acids is 4. The summed E-state index contributed by atoms with van der Waals surface area (Å²) >= 11 is 6.03. The highest BCUT2D eigenvalue weighted by Gasteiger charge is 2.62. The number of halogens is 1. The van der Waals surface area contributed by atoms with Crippen molar-refractivity contribution >= 4 is 46.7 Å². The van der Waals surface area contributed by atoms with E-state index in [1.165, 1.54) is 6.07 Å². The highest BCUT2D eigenvalue weighted by Crippen LogP contribution is 2.61. The van der Waals surface area contributed by atoms with Gasteiger partial charge in [-0.1, -0.05) is 78.3 Å². The lowest BCUT2D eigenvalue weighted by Gasteiger charge is -2.45. The lowest BCUT2D eigenvalue weighted by Crippen LogP contribution is -2.41. The fraction of sp³-hybridized carbons (Fsp3) is 0.176. The van der Waals surface area contributed by atoms with Crippen molar-refractivity contribution < 1.29 is 23.9 Å². The lowest BCUT2D eigenvalue weighted by molar-refractivity contribution is -0.122. The van der Waals surface area contributed by atoms with Gasteiger partial charge in [-0.2, -0.15) is 0 Å². The van der Waals surface area contributed by atoms with Crippen LogP contribution in [0, 0.1) is 18.8 Å². The maximum absolute atomic E-state index is 14.1. The molecule has 7 nitrogen and oxygen atoms in total. The molecule has 1 heterocycles. The SMILES string of the molecule is Cc1ccc(Cl)cc1NC(=O)COC(=O)c1ccccc1N1C(=O)[C@@H]2C3c4ccccc4C(c4ccccc43)[C@H]2C1=O. The van der Waals surface area contributed by atoms with Gasteiger partial charge in [0.15, 0.2) is 6.61 Å². The molecule has 0 spiro atoms. The predicted octanol–water partition coefficient (Wildman–Crippen LogP) is 5.84. The van der Waals surface area contributed by atoms with Gasteiger partial charge in [0.2, 0.25) is 11.8 Å². The Bertz CT molecular complexity index is 1700. The molecule has 0 radical (unpaired) electrons. The zero-order valence-electron chi connectivity index (χ0n) is 22.5. The molecular weight excluding hydrogens is 552 g/mol. The second-order valence-corrected chi connectivity index (χ2v) is 11.3. The van der Waals surface area contributed by atoms with Gasteiger partial charge in [0.1, 0.15) is 0 Å². The summed E-state index contributed by atoms with van der Waals surface area (Å²) in [4.78, 5) is 55.3. The Morgan fingerprint density at radius 3 is 1.88 bits per heavy atom. The van der Waals surface area contributed by atoms with E-state index in [2.05, 4.69) is 5.32 Å². The Hall–Kier alpha value is -4.75. The van der Waals surface area contributed by atoms with Gasteiger partial charge in [-0.3, -0.25) is 14.4 Å². The largest absolute Gasteiger partial charge is 0.452 e. The smallest absolute Gasteiger partial charge is 0.340 e. The Kier molecular flexibility index (Phi) is 6.21. The molecule has 208 valence electrons. The summed E-state index contributed by atoms with van der Waals surface area (Å²) in [5, 5.41) is 3.15. The number of ether oxygens (including phenoxy) is 1. The third-order valence-electron chi connectivity index (χ3n) is 8.62. The van der Waals surface area contributed by atoms with E-state index in [0.717, 1.165) is 32.7 Å². The van der Waals surface area contributed by atoms with Crippen molar-refractivity contribution in [3.8, 4) is 0 Å². The van der Waals surface area contributed by atoms with E-state index in [4.69, 9.17) is 16.3 Å². The van der Waals surface area contributed by atoms with Crippen LogP contribution < -0.4 is 10.2 Å². The van der Waals surface area contributed by atoms with E-state index in [-0.39, 0.29) is 34.9 Å². The summed E-state index contributed by atoms with van der Waals surface area (Å²) in [6, 6.07) is 27.5. The van der Waals surface area contributed by atoms with Gasteiger partial charge in [0.05, 0.1) is 23.1 Å². The van der Waals surface area contributed by atoms with Crippen molar-refractivity contribution in [3.63, 3.8) is 0 Å². The average Bonchev–Trinajstić information content (AvgIpc) is 3.27. The summed E-state index contributed by atoms with van der Waals surface area (Å²) in [6.45, 7) is 1.26. The highest BCUT2D eigenvalue weighted by atomic mass is 35.5. The number of carbonyl (C=O) groups is 4. The topological polar surface area (TPSA) is 92.8 Å². The molecule has 2 atom stereocenters. The first-order valence-electron chi connectivity index (χ1n) is 13.7. The van der Waals surface area contributed by atoms with Crippen LogP contribution in [-0.2, 0) is 19.1 Å². The number of esters is 1. The van der Waals surface area contributed by atoms with Crippen molar-refractivity contribution in [2.45, 2.75) is 18.8 Å². The maximum atomic E-state index is 14.1. The number of benzene rings is 4. The van der Waals surface area contributed by atoms with Gasteiger partial charge in [0.25, 0.3) is 5.91 Å². The summed E-state index contributed by atoms with van der Waals surface area (Å²) in [5.41, 5.74) is 5.78. The van der Waals surface area contributed by atoms with Crippen molar-refractivity contribution in [3.05, 3.63) is 129 Å². The number of nitrogens with zero attached hydrogens (tertiary/aromatic N) is 1.